The van der Waals surface area contributed by atoms with E-state index < -0.39 is 4.92 Å². The summed E-state index contributed by atoms with van der Waals surface area (Å²) in [6.45, 7) is 3.61. The van der Waals surface area contributed by atoms with Crippen LogP contribution in [-0.4, -0.2) is 4.92 Å². The predicted octanol–water partition coefficient (Wildman–Crippen LogP) is 2.98. The van der Waals surface area contributed by atoms with Gasteiger partial charge < -0.3 is 5.73 Å². The van der Waals surface area contributed by atoms with Gasteiger partial charge in [0.15, 0.2) is 0 Å². The third-order valence-electron chi connectivity index (χ3n) is 2.19. The first-order valence-electron chi connectivity index (χ1n) is 4.76. The molecule has 1 aromatic rings. The lowest BCUT2D eigenvalue weighted by Crippen LogP contribution is -2.09. The highest BCUT2D eigenvalue weighted by atomic mass is 35.5. The number of nitro benzene ring substituents is 1. The van der Waals surface area contributed by atoms with Gasteiger partial charge in [-0.2, -0.15) is 0 Å². The van der Waals surface area contributed by atoms with Crippen molar-refractivity contribution in [3.8, 4) is 0 Å². The minimum Gasteiger partial charge on any atom is -0.324 e. The highest BCUT2D eigenvalue weighted by Gasteiger charge is 2.10. The molecule has 0 fully saturated rings. The Kier molecular flexibility index (Phi) is 6.37. The van der Waals surface area contributed by atoms with Gasteiger partial charge in [-0.3, -0.25) is 10.1 Å². The first-order chi connectivity index (χ1) is 7.15. The van der Waals surface area contributed by atoms with Crippen LogP contribution in [0.1, 0.15) is 24.4 Å². The van der Waals surface area contributed by atoms with E-state index in [0.717, 1.165) is 18.4 Å². The summed E-state index contributed by atoms with van der Waals surface area (Å²) in [4.78, 5) is 10.1. The second-order valence-corrected chi connectivity index (χ2v) is 3.32. The first kappa shape index (κ1) is 14.6. The number of hydrogen-bond donors (Lipinski definition) is 1. The molecule has 0 bridgehead atoms. The average molecular weight is 243 g/mol. The first-order valence-corrected chi connectivity index (χ1v) is 4.76. The van der Waals surface area contributed by atoms with Crippen molar-refractivity contribution >= 4 is 18.1 Å². The molecule has 0 spiro atoms. The number of nitro groups is 1. The van der Waals surface area contributed by atoms with Crippen LogP contribution in [0, 0.1) is 10.1 Å². The molecule has 0 aliphatic carbocycles. The van der Waals surface area contributed by atoms with E-state index in [1.807, 2.05) is 0 Å². The van der Waals surface area contributed by atoms with E-state index in [9.17, 15) is 10.1 Å². The van der Waals surface area contributed by atoms with Crippen LogP contribution in [0.3, 0.4) is 0 Å². The fourth-order valence-electron chi connectivity index (χ4n) is 1.33. The Bertz CT molecular complexity index is 369. The Morgan fingerprint density at radius 2 is 2.25 bits per heavy atom. The third-order valence-corrected chi connectivity index (χ3v) is 2.19. The molecule has 1 atom stereocenters. The van der Waals surface area contributed by atoms with Crippen LogP contribution in [0.2, 0.25) is 0 Å². The lowest BCUT2D eigenvalue weighted by atomic mass is 10.0. The molecule has 2 N–H and O–H groups in total. The summed E-state index contributed by atoms with van der Waals surface area (Å²) in [5.41, 5.74) is 6.76. The Labute approximate surface area is 101 Å². The Morgan fingerprint density at radius 3 is 2.81 bits per heavy atom. The SMILES string of the molecule is C=CCC[C@@H](N)c1cccc([N+](=O)[O-])c1.Cl. The molecule has 0 aliphatic heterocycles. The molecular weight excluding hydrogens is 228 g/mol. The van der Waals surface area contributed by atoms with Crippen molar-refractivity contribution in [3.05, 3.63) is 52.6 Å². The number of halogens is 1. The van der Waals surface area contributed by atoms with Crippen molar-refractivity contribution < 1.29 is 4.92 Å². The maximum atomic E-state index is 10.5. The normalized spacial score (nSPS) is 11.3. The number of benzene rings is 1. The zero-order chi connectivity index (χ0) is 11.3. The summed E-state index contributed by atoms with van der Waals surface area (Å²) in [6.07, 6.45) is 3.35. The molecule has 0 amide bonds. The minimum absolute atomic E-state index is 0. The summed E-state index contributed by atoms with van der Waals surface area (Å²) in [7, 11) is 0. The molecule has 88 valence electrons. The molecule has 0 saturated heterocycles. The summed E-state index contributed by atoms with van der Waals surface area (Å²) in [6, 6.07) is 6.28. The second-order valence-electron chi connectivity index (χ2n) is 3.32. The highest BCUT2D eigenvalue weighted by molar-refractivity contribution is 5.85. The lowest BCUT2D eigenvalue weighted by molar-refractivity contribution is -0.384. The molecule has 0 aliphatic rings. The van der Waals surface area contributed by atoms with Crippen LogP contribution in [0.5, 0.6) is 0 Å². The van der Waals surface area contributed by atoms with Crippen molar-refractivity contribution in [2.75, 3.05) is 0 Å². The van der Waals surface area contributed by atoms with Gasteiger partial charge in [0.1, 0.15) is 0 Å². The van der Waals surface area contributed by atoms with Crippen LogP contribution < -0.4 is 5.73 Å². The quantitative estimate of drug-likeness (QED) is 0.490. The topological polar surface area (TPSA) is 69.2 Å². The number of nitrogens with zero attached hydrogens (tertiary/aromatic N) is 1. The monoisotopic (exact) mass is 242 g/mol. The van der Waals surface area contributed by atoms with Crippen LogP contribution in [0.25, 0.3) is 0 Å². The number of allylic oxidation sites excluding steroid dienone is 1. The largest absolute Gasteiger partial charge is 0.324 e. The van der Waals surface area contributed by atoms with Gasteiger partial charge in [0.25, 0.3) is 5.69 Å². The van der Waals surface area contributed by atoms with E-state index in [0.29, 0.717) is 0 Å². The van der Waals surface area contributed by atoms with Gasteiger partial charge in [-0.05, 0) is 18.4 Å². The maximum Gasteiger partial charge on any atom is 0.269 e. The molecule has 0 aromatic heterocycles. The molecule has 0 unspecified atom stereocenters. The Morgan fingerprint density at radius 1 is 1.56 bits per heavy atom. The molecule has 16 heavy (non-hydrogen) atoms. The van der Waals surface area contributed by atoms with Crippen LogP contribution in [0.4, 0.5) is 5.69 Å². The van der Waals surface area contributed by atoms with Gasteiger partial charge in [0.05, 0.1) is 4.92 Å². The van der Waals surface area contributed by atoms with Gasteiger partial charge in [-0.15, -0.1) is 19.0 Å². The predicted molar refractivity (Wildman–Crippen MR) is 66.7 cm³/mol. The van der Waals surface area contributed by atoms with Gasteiger partial charge in [0.2, 0.25) is 0 Å². The number of non-ortho nitro benzene ring substituents is 1. The minimum atomic E-state index is -0.413. The van der Waals surface area contributed by atoms with Crippen molar-refractivity contribution in [1.82, 2.24) is 0 Å². The number of nitrogens with two attached hydrogens (primary N) is 1. The molecular formula is C11H15ClN2O2. The molecule has 0 saturated carbocycles. The Hall–Kier alpha value is -1.39. The second kappa shape index (κ2) is 6.98. The summed E-state index contributed by atoms with van der Waals surface area (Å²) < 4.78 is 0. The smallest absolute Gasteiger partial charge is 0.269 e. The maximum absolute atomic E-state index is 10.5. The molecule has 1 rings (SSSR count). The third kappa shape index (κ3) is 4.00. The molecule has 4 nitrogen and oxygen atoms in total. The summed E-state index contributed by atoms with van der Waals surface area (Å²) in [5.74, 6) is 0. The fraction of sp³-hybridized carbons (Fsp3) is 0.273. The van der Waals surface area contributed by atoms with Crippen molar-refractivity contribution in [3.63, 3.8) is 0 Å². The molecule has 0 radical (unpaired) electrons. The standard InChI is InChI=1S/C11H14N2O2.ClH/c1-2-3-7-11(12)9-5-4-6-10(8-9)13(14)15;/h2,4-6,8,11H,1,3,7,12H2;1H/t11-;/m1./s1. The van der Waals surface area contributed by atoms with E-state index >= 15 is 0 Å². The van der Waals surface area contributed by atoms with Crippen LogP contribution in [-0.2, 0) is 0 Å². The van der Waals surface area contributed by atoms with E-state index in [1.54, 1.807) is 18.2 Å². The van der Waals surface area contributed by atoms with Crippen LogP contribution >= 0.6 is 12.4 Å². The summed E-state index contributed by atoms with van der Waals surface area (Å²) in [5, 5.41) is 10.5. The fourth-order valence-corrected chi connectivity index (χ4v) is 1.33. The molecule has 5 heteroatoms. The van der Waals surface area contributed by atoms with E-state index in [1.165, 1.54) is 12.1 Å². The van der Waals surface area contributed by atoms with E-state index in [2.05, 4.69) is 6.58 Å². The average Bonchev–Trinajstić information content (AvgIpc) is 2.26. The Balaban J connectivity index is 0.00000225. The molecule has 1 aromatic carbocycles. The van der Waals surface area contributed by atoms with Gasteiger partial charge in [-0.25, -0.2) is 0 Å². The van der Waals surface area contributed by atoms with E-state index in [-0.39, 0.29) is 24.1 Å². The van der Waals surface area contributed by atoms with Gasteiger partial charge in [-0.1, -0.05) is 18.2 Å². The van der Waals surface area contributed by atoms with Crippen molar-refractivity contribution in [2.24, 2.45) is 5.73 Å². The van der Waals surface area contributed by atoms with Crippen molar-refractivity contribution in [2.45, 2.75) is 18.9 Å². The van der Waals surface area contributed by atoms with Gasteiger partial charge >= 0.3 is 0 Å². The number of hydrogen-bond acceptors (Lipinski definition) is 3. The zero-order valence-electron chi connectivity index (χ0n) is 8.83. The zero-order valence-corrected chi connectivity index (χ0v) is 9.65. The highest BCUT2D eigenvalue weighted by Crippen LogP contribution is 2.20. The van der Waals surface area contributed by atoms with Crippen molar-refractivity contribution in [1.29, 1.82) is 0 Å². The van der Waals surface area contributed by atoms with Crippen LogP contribution in [0.15, 0.2) is 36.9 Å². The number of rotatable bonds is 5. The molecule has 0 heterocycles. The van der Waals surface area contributed by atoms with E-state index in [4.69, 9.17) is 5.73 Å². The summed E-state index contributed by atoms with van der Waals surface area (Å²) >= 11 is 0. The van der Waals surface area contributed by atoms with Gasteiger partial charge in [0, 0.05) is 18.2 Å². The lowest BCUT2D eigenvalue weighted by Gasteiger charge is -2.09.